The van der Waals surface area contributed by atoms with E-state index >= 15 is 0 Å². The van der Waals surface area contributed by atoms with Gasteiger partial charge in [-0.1, -0.05) is 23.5 Å². The van der Waals surface area contributed by atoms with E-state index in [1.165, 1.54) is 11.9 Å². The van der Waals surface area contributed by atoms with Crippen LogP contribution >= 0.6 is 11.3 Å². The molecular weight excluding hydrogens is 296 g/mol. The normalized spacial score (nSPS) is 10.6. The number of anilines is 4. The van der Waals surface area contributed by atoms with Gasteiger partial charge < -0.3 is 16.4 Å². The molecule has 6 nitrogen and oxygen atoms in total. The van der Waals surface area contributed by atoms with Gasteiger partial charge in [-0.25, -0.2) is 15.0 Å². The van der Waals surface area contributed by atoms with Crippen molar-refractivity contribution in [3.05, 3.63) is 42.7 Å². The zero-order chi connectivity index (χ0) is 15.5. The Hall–Kier alpha value is -2.67. The minimum absolute atomic E-state index is 0.458. The van der Waals surface area contributed by atoms with Crippen molar-refractivity contribution in [1.82, 2.24) is 15.0 Å². The predicted molar refractivity (Wildman–Crippen MR) is 92.8 cm³/mol. The highest BCUT2D eigenvalue weighted by Gasteiger charge is 2.10. The Morgan fingerprint density at radius 1 is 1.32 bits per heavy atom. The van der Waals surface area contributed by atoms with E-state index < -0.39 is 0 Å². The van der Waals surface area contributed by atoms with Crippen LogP contribution in [0.2, 0.25) is 0 Å². The second-order valence-corrected chi connectivity index (χ2v) is 5.80. The number of nitrogens with two attached hydrogens (primary N) is 1. The molecule has 7 heteroatoms. The van der Waals surface area contributed by atoms with Gasteiger partial charge >= 0.3 is 0 Å². The quantitative estimate of drug-likeness (QED) is 0.626. The summed E-state index contributed by atoms with van der Waals surface area (Å²) in [7, 11) is 0. The Morgan fingerprint density at radius 3 is 2.95 bits per heavy atom. The molecular formula is C15H16N6S. The molecule has 1 aromatic carbocycles. The maximum Gasteiger partial charge on any atom is 0.189 e. The fourth-order valence-electron chi connectivity index (χ4n) is 1.99. The summed E-state index contributed by atoms with van der Waals surface area (Å²) in [6.07, 6.45) is 3.20. The summed E-state index contributed by atoms with van der Waals surface area (Å²) in [6.45, 7) is 6.30. The molecule has 112 valence electrons. The van der Waals surface area contributed by atoms with E-state index in [1.807, 2.05) is 12.1 Å². The van der Waals surface area contributed by atoms with Crippen LogP contribution in [-0.4, -0.2) is 21.5 Å². The summed E-state index contributed by atoms with van der Waals surface area (Å²) in [5.74, 6) is 1.12. The molecule has 0 aliphatic heterocycles. The number of benzene rings is 1. The second-order valence-electron chi connectivity index (χ2n) is 4.77. The highest BCUT2D eigenvalue weighted by Crippen LogP contribution is 2.31. The maximum atomic E-state index is 6.08. The molecule has 0 bridgehead atoms. The van der Waals surface area contributed by atoms with E-state index in [4.69, 9.17) is 5.73 Å². The van der Waals surface area contributed by atoms with Crippen molar-refractivity contribution in [1.29, 1.82) is 0 Å². The van der Waals surface area contributed by atoms with Crippen LogP contribution in [0.1, 0.15) is 5.56 Å². The monoisotopic (exact) mass is 312 g/mol. The largest absolute Gasteiger partial charge is 0.393 e. The molecule has 0 aliphatic carbocycles. The topological polar surface area (TPSA) is 88.8 Å². The number of hydrogen-bond acceptors (Lipinski definition) is 7. The van der Waals surface area contributed by atoms with Gasteiger partial charge in [0.25, 0.3) is 0 Å². The first-order chi connectivity index (χ1) is 10.7. The summed E-state index contributed by atoms with van der Waals surface area (Å²) in [5, 5.41) is 6.99. The Kier molecular flexibility index (Phi) is 3.88. The molecule has 0 spiro atoms. The van der Waals surface area contributed by atoms with Crippen molar-refractivity contribution < 1.29 is 0 Å². The minimum Gasteiger partial charge on any atom is -0.393 e. The van der Waals surface area contributed by atoms with E-state index in [1.54, 1.807) is 17.4 Å². The average molecular weight is 312 g/mol. The molecule has 0 fully saturated rings. The van der Waals surface area contributed by atoms with Gasteiger partial charge in [-0.2, -0.15) is 0 Å². The standard InChI is InChI=1S/C15H16N6S/c1-3-6-17-13-12(16)14(19-8-18-13)21-15-20-10-5-4-9(2)7-11(10)22-15/h3-5,7-8H,1,6,16H2,2H3,(H2,17,18,19,20,21). The zero-order valence-corrected chi connectivity index (χ0v) is 12.9. The van der Waals surface area contributed by atoms with Gasteiger partial charge in [-0.15, -0.1) is 6.58 Å². The first-order valence-electron chi connectivity index (χ1n) is 6.77. The molecule has 2 aromatic heterocycles. The highest BCUT2D eigenvalue weighted by atomic mass is 32.1. The van der Waals surface area contributed by atoms with Crippen molar-refractivity contribution in [3.8, 4) is 0 Å². The highest BCUT2D eigenvalue weighted by molar-refractivity contribution is 7.22. The van der Waals surface area contributed by atoms with Gasteiger partial charge in [0, 0.05) is 6.54 Å². The minimum atomic E-state index is 0.458. The number of thiazole rings is 1. The van der Waals surface area contributed by atoms with Crippen molar-refractivity contribution in [3.63, 3.8) is 0 Å². The molecule has 2 heterocycles. The lowest BCUT2D eigenvalue weighted by Gasteiger charge is -2.09. The second kappa shape index (κ2) is 5.98. The van der Waals surface area contributed by atoms with Gasteiger partial charge in [-0.3, -0.25) is 0 Å². The van der Waals surface area contributed by atoms with E-state index in [9.17, 15) is 0 Å². The van der Waals surface area contributed by atoms with Gasteiger partial charge in [0.2, 0.25) is 0 Å². The van der Waals surface area contributed by atoms with E-state index in [0.717, 1.165) is 15.3 Å². The average Bonchev–Trinajstić information content (AvgIpc) is 2.89. The Bertz CT molecular complexity index is 826. The number of fused-ring (bicyclic) bond motifs is 1. The van der Waals surface area contributed by atoms with Gasteiger partial charge in [0.1, 0.15) is 12.0 Å². The summed E-state index contributed by atoms with van der Waals surface area (Å²) in [5.41, 5.74) is 8.70. The van der Waals surface area contributed by atoms with Crippen LogP contribution in [0, 0.1) is 6.92 Å². The lowest BCUT2D eigenvalue weighted by Crippen LogP contribution is -2.07. The Balaban J connectivity index is 1.89. The molecule has 22 heavy (non-hydrogen) atoms. The predicted octanol–water partition coefficient (Wildman–Crippen LogP) is 3.32. The fourth-order valence-corrected chi connectivity index (χ4v) is 2.95. The van der Waals surface area contributed by atoms with E-state index in [0.29, 0.717) is 23.9 Å². The molecule has 4 N–H and O–H groups in total. The third kappa shape index (κ3) is 2.84. The third-order valence-electron chi connectivity index (χ3n) is 3.07. The number of nitrogens with zero attached hydrogens (tertiary/aromatic N) is 3. The molecule has 0 radical (unpaired) electrons. The van der Waals surface area contributed by atoms with Crippen molar-refractivity contribution in [2.24, 2.45) is 0 Å². The molecule has 0 aliphatic rings. The van der Waals surface area contributed by atoms with Crippen LogP contribution in [0.25, 0.3) is 10.2 Å². The van der Waals surface area contributed by atoms with Crippen LogP contribution < -0.4 is 16.4 Å². The molecule has 0 amide bonds. The number of hydrogen-bond donors (Lipinski definition) is 3. The van der Waals surface area contributed by atoms with Crippen LogP contribution in [0.15, 0.2) is 37.2 Å². The van der Waals surface area contributed by atoms with E-state index in [-0.39, 0.29) is 0 Å². The zero-order valence-electron chi connectivity index (χ0n) is 12.1. The Labute approximate surface area is 132 Å². The Morgan fingerprint density at radius 2 is 2.14 bits per heavy atom. The SMILES string of the molecule is C=CCNc1ncnc(Nc2nc3ccc(C)cc3s2)c1N. The number of aryl methyl sites for hydroxylation is 1. The van der Waals surface area contributed by atoms with Gasteiger partial charge in [-0.05, 0) is 24.6 Å². The number of nitrogens with one attached hydrogen (secondary N) is 2. The van der Waals surface area contributed by atoms with Crippen LogP contribution in [0.5, 0.6) is 0 Å². The van der Waals surface area contributed by atoms with E-state index in [2.05, 4.69) is 45.2 Å². The molecule has 3 rings (SSSR count). The number of nitrogen functional groups attached to an aromatic ring is 1. The maximum absolute atomic E-state index is 6.08. The summed E-state index contributed by atoms with van der Waals surface area (Å²) in [6, 6.07) is 6.16. The lowest BCUT2D eigenvalue weighted by molar-refractivity contribution is 1.14. The van der Waals surface area contributed by atoms with Crippen LogP contribution in [-0.2, 0) is 0 Å². The van der Waals surface area contributed by atoms with Crippen molar-refractivity contribution in [2.45, 2.75) is 6.92 Å². The molecule has 0 unspecified atom stereocenters. The fraction of sp³-hybridized carbons (Fsp3) is 0.133. The number of rotatable bonds is 5. The summed E-state index contributed by atoms with van der Waals surface area (Å²) >= 11 is 1.56. The molecule has 3 aromatic rings. The van der Waals surface area contributed by atoms with Crippen molar-refractivity contribution >= 4 is 44.0 Å². The van der Waals surface area contributed by atoms with Gasteiger partial charge in [0.15, 0.2) is 16.8 Å². The molecule has 0 saturated heterocycles. The summed E-state index contributed by atoms with van der Waals surface area (Å²) < 4.78 is 1.13. The van der Waals surface area contributed by atoms with Crippen LogP contribution in [0.4, 0.5) is 22.5 Å². The molecule has 0 atom stereocenters. The van der Waals surface area contributed by atoms with Crippen LogP contribution in [0.3, 0.4) is 0 Å². The number of aromatic nitrogens is 3. The first kappa shape index (κ1) is 14.3. The van der Waals surface area contributed by atoms with Crippen molar-refractivity contribution in [2.75, 3.05) is 22.9 Å². The smallest absolute Gasteiger partial charge is 0.189 e. The lowest BCUT2D eigenvalue weighted by atomic mass is 10.2. The first-order valence-corrected chi connectivity index (χ1v) is 7.58. The van der Waals surface area contributed by atoms with Gasteiger partial charge in [0.05, 0.1) is 10.2 Å². The summed E-state index contributed by atoms with van der Waals surface area (Å²) in [4.78, 5) is 12.8. The molecule has 0 saturated carbocycles. The third-order valence-corrected chi connectivity index (χ3v) is 4.00.